The van der Waals surface area contributed by atoms with Crippen molar-refractivity contribution >= 4 is 23.5 Å². The maximum absolute atomic E-state index is 12.1. The van der Waals surface area contributed by atoms with Gasteiger partial charge in [-0.1, -0.05) is 36.7 Å². The summed E-state index contributed by atoms with van der Waals surface area (Å²) in [5.41, 5.74) is 0.344. The first-order valence-electron chi connectivity index (χ1n) is 8.00. The zero-order valence-corrected chi connectivity index (χ0v) is 15.4. The number of nitrogens with one attached hydrogen (secondary N) is 1. The molecule has 1 heterocycles. The van der Waals surface area contributed by atoms with Crippen LogP contribution in [-0.2, 0) is 16.0 Å². The first-order chi connectivity index (χ1) is 12.3. The Morgan fingerprint density at radius 2 is 2.12 bits per heavy atom. The number of aromatic nitrogens is 2. The van der Waals surface area contributed by atoms with Gasteiger partial charge in [0.15, 0.2) is 11.9 Å². The van der Waals surface area contributed by atoms with Gasteiger partial charge in [0.1, 0.15) is 5.75 Å². The molecular weight excluding hydrogens is 362 g/mol. The van der Waals surface area contributed by atoms with Crippen molar-refractivity contribution < 1.29 is 24.0 Å². The van der Waals surface area contributed by atoms with E-state index in [0.29, 0.717) is 23.0 Å². The van der Waals surface area contributed by atoms with Crippen LogP contribution >= 0.6 is 11.6 Å². The number of aliphatic carboxylic acids is 1. The number of carboxylic acids is 1. The maximum atomic E-state index is 12.1. The molecule has 0 saturated carbocycles. The average molecular weight is 382 g/mol. The van der Waals surface area contributed by atoms with Gasteiger partial charge in [0.25, 0.3) is 0 Å². The smallest absolute Gasteiger partial charge is 0.330 e. The molecule has 2 N–H and O–H groups in total. The van der Waals surface area contributed by atoms with Gasteiger partial charge in [0, 0.05) is 18.8 Å². The number of carbonyl (C=O) groups is 2. The second-order valence-electron chi connectivity index (χ2n) is 5.93. The molecule has 0 radical (unpaired) electrons. The highest BCUT2D eigenvalue weighted by Crippen LogP contribution is 2.27. The Morgan fingerprint density at radius 3 is 2.65 bits per heavy atom. The fraction of sp³-hybridized carbons (Fsp3) is 0.412. The fourth-order valence-electron chi connectivity index (χ4n) is 2.21. The molecular formula is C17H20ClN3O5. The first-order valence-corrected chi connectivity index (χ1v) is 8.37. The molecule has 1 unspecified atom stereocenters. The number of halogens is 1. The summed E-state index contributed by atoms with van der Waals surface area (Å²) < 4.78 is 10.1. The highest BCUT2D eigenvalue weighted by Gasteiger charge is 2.23. The molecule has 1 atom stereocenters. The van der Waals surface area contributed by atoms with Crippen molar-refractivity contribution in [1.82, 2.24) is 15.5 Å². The molecule has 2 aromatic rings. The molecule has 1 aromatic carbocycles. The molecule has 9 heteroatoms. The van der Waals surface area contributed by atoms with E-state index in [1.807, 2.05) is 13.8 Å². The monoisotopic (exact) mass is 381 g/mol. The standard InChI is InChI=1S/C17H20ClN3O5/c1-9(2)16-20-14(26-21-16)7-6-13(22)19-15(17(23)24)10-4-5-12(25-3)11(18)8-10/h4-5,8-9,15H,6-7H2,1-3H3,(H,19,22)(H,23,24). The van der Waals surface area contributed by atoms with Crippen LogP contribution in [0.15, 0.2) is 22.7 Å². The predicted molar refractivity (Wildman–Crippen MR) is 93.2 cm³/mol. The Kier molecular flexibility index (Phi) is 6.57. The molecule has 0 aliphatic heterocycles. The summed E-state index contributed by atoms with van der Waals surface area (Å²) in [5, 5.41) is 16.0. The van der Waals surface area contributed by atoms with Crippen molar-refractivity contribution in [2.45, 2.75) is 38.6 Å². The summed E-state index contributed by atoms with van der Waals surface area (Å²) in [6.07, 6.45) is 0.245. The minimum atomic E-state index is -1.22. The molecule has 1 aromatic heterocycles. The van der Waals surface area contributed by atoms with Crippen molar-refractivity contribution in [2.75, 3.05) is 7.11 Å². The third kappa shape index (κ3) is 4.95. The van der Waals surface area contributed by atoms with E-state index in [4.69, 9.17) is 20.9 Å². The molecule has 2 rings (SSSR count). The van der Waals surface area contributed by atoms with E-state index in [1.165, 1.54) is 19.2 Å². The van der Waals surface area contributed by atoms with Gasteiger partial charge in [0.2, 0.25) is 11.8 Å². The van der Waals surface area contributed by atoms with Crippen molar-refractivity contribution in [3.8, 4) is 5.75 Å². The SMILES string of the molecule is COc1ccc(C(NC(=O)CCc2nc(C(C)C)no2)C(=O)O)cc1Cl. The summed E-state index contributed by atoms with van der Waals surface area (Å²) in [4.78, 5) is 27.8. The summed E-state index contributed by atoms with van der Waals surface area (Å²) in [7, 11) is 1.46. The number of benzene rings is 1. The van der Waals surface area contributed by atoms with Crippen LogP contribution in [0.25, 0.3) is 0 Å². The lowest BCUT2D eigenvalue weighted by Gasteiger charge is -2.16. The Morgan fingerprint density at radius 1 is 1.38 bits per heavy atom. The second-order valence-corrected chi connectivity index (χ2v) is 6.34. The Hall–Kier alpha value is -2.61. The lowest BCUT2D eigenvalue weighted by atomic mass is 10.1. The van der Waals surface area contributed by atoms with Crippen LogP contribution in [0.3, 0.4) is 0 Å². The van der Waals surface area contributed by atoms with Gasteiger partial charge in [-0.25, -0.2) is 4.79 Å². The van der Waals surface area contributed by atoms with Crippen LogP contribution in [-0.4, -0.2) is 34.2 Å². The van der Waals surface area contributed by atoms with Gasteiger partial charge >= 0.3 is 5.97 Å². The number of carboxylic acid groups (broad SMARTS) is 1. The number of methoxy groups -OCH3 is 1. The van der Waals surface area contributed by atoms with Gasteiger partial charge in [-0.05, 0) is 17.7 Å². The first kappa shape index (κ1) is 19.7. The summed E-state index contributed by atoms with van der Waals surface area (Å²) >= 11 is 6.03. The van der Waals surface area contributed by atoms with E-state index in [1.54, 1.807) is 6.07 Å². The molecule has 8 nitrogen and oxygen atoms in total. The van der Waals surface area contributed by atoms with Crippen molar-refractivity contribution in [3.63, 3.8) is 0 Å². The second kappa shape index (κ2) is 8.66. The zero-order chi connectivity index (χ0) is 19.3. The van der Waals surface area contributed by atoms with Crippen LogP contribution in [0, 0.1) is 0 Å². The number of aryl methyl sites for hydroxylation is 1. The number of hydrogen-bond donors (Lipinski definition) is 2. The molecule has 0 aliphatic rings. The summed E-state index contributed by atoms with van der Waals surface area (Å²) in [6.45, 7) is 3.86. The third-order valence-electron chi connectivity index (χ3n) is 3.63. The van der Waals surface area contributed by atoms with Gasteiger partial charge in [0.05, 0.1) is 12.1 Å². The van der Waals surface area contributed by atoms with Crippen LogP contribution in [0.5, 0.6) is 5.75 Å². The highest BCUT2D eigenvalue weighted by atomic mass is 35.5. The van der Waals surface area contributed by atoms with Crippen LogP contribution in [0.4, 0.5) is 0 Å². The van der Waals surface area contributed by atoms with Gasteiger partial charge in [-0.15, -0.1) is 0 Å². The number of hydrogen-bond acceptors (Lipinski definition) is 6. The summed E-state index contributed by atoms with van der Waals surface area (Å²) in [6, 6.07) is 3.31. The molecule has 140 valence electrons. The van der Waals surface area contributed by atoms with Crippen molar-refractivity contribution in [1.29, 1.82) is 0 Å². The van der Waals surface area contributed by atoms with E-state index >= 15 is 0 Å². The number of nitrogens with zero attached hydrogens (tertiary/aromatic N) is 2. The largest absolute Gasteiger partial charge is 0.495 e. The van der Waals surface area contributed by atoms with E-state index in [-0.39, 0.29) is 23.8 Å². The Labute approximate surface area is 155 Å². The lowest BCUT2D eigenvalue weighted by Crippen LogP contribution is -2.33. The Bertz CT molecular complexity index is 790. The molecule has 0 spiro atoms. The molecule has 0 aliphatic carbocycles. The van der Waals surface area contributed by atoms with Gasteiger partial charge < -0.3 is 19.7 Å². The van der Waals surface area contributed by atoms with E-state index in [2.05, 4.69) is 15.5 Å². The van der Waals surface area contributed by atoms with E-state index < -0.39 is 17.9 Å². The van der Waals surface area contributed by atoms with Gasteiger partial charge in [-0.2, -0.15) is 4.98 Å². The van der Waals surface area contributed by atoms with Crippen LogP contribution in [0.2, 0.25) is 5.02 Å². The molecule has 0 fully saturated rings. The molecule has 1 amide bonds. The lowest BCUT2D eigenvalue weighted by molar-refractivity contribution is -0.142. The topological polar surface area (TPSA) is 115 Å². The van der Waals surface area contributed by atoms with E-state index in [0.717, 1.165) is 0 Å². The van der Waals surface area contributed by atoms with Crippen LogP contribution < -0.4 is 10.1 Å². The molecule has 0 bridgehead atoms. The molecule has 0 saturated heterocycles. The minimum Gasteiger partial charge on any atom is -0.495 e. The number of rotatable bonds is 8. The van der Waals surface area contributed by atoms with Crippen molar-refractivity contribution in [2.24, 2.45) is 0 Å². The average Bonchev–Trinajstić information content (AvgIpc) is 3.07. The van der Waals surface area contributed by atoms with Crippen molar-refractivity contribution in [3.05, 3.63) is 40.5 Å². The zero-order valence-electron chi connectivity index (χ0n) is 14.7. The van der Waals surface area contributed by atoms with E-state index in [9.17, 15) is 14.7 Å². The number of carbonyl (C=O) groups excluding carboxylic acids is 1. The minimum absolute atomic E-state index is 0.0212. The predicted octanol–water partition coefficient (Wildman–Crippen LogP) is 2.73. The number of ether oxygens (including phenoxy) is 1. The highest BCUT2D eigenvalue weighted by molar-refractivity contribution is 6.32. The molecule has 26 heavy (non-hydrogen) atoms. The quantitative estimate of drug-likeness (QED) is 0.722. The van der Waals surface area contributed by atoms with Crippen LogP contribution in [0.1, 0.15) is 49.5 Å². The maximum Gasteiger partial charge on any atom is 0.330 e. The number of amides is 1. The normalized spacial score (nSPS) is 12.0. The fourth-order valence-corrected chi connectivity index (χ4v) is 2.47. The summed E-state index contributed by atoms with van der Waals surface area (Å²) in [5.74, 6) is -0.200. The van der Waals surface area contributed by atoms with Gasteiger partial charge in [-0.3, -0.25) is 4.79 Å². The third-order valence-corrected chi connectivity index (χ3v) is 3.92. The Balaban J connectivity index is 2.01.